The van der Waals surface area contributed by atoms with Crippen LogP contribution in [-0.4, -0.2) is 36.3 Å². The summed E-state index contributed by atoms with van der Waals surface area (Å²) in [6.07, 6.45) is 0. The van der Waals surface area contributed by atoms with Crippen molar-refractivity contribution >= 4 is 62.4 Å². The molecule has 0 saturated carbocycles. The van der Waals surface area contributed by atoms with Gasteiger partial charge in [0.15, 0.2) is 3.95 Å². The Bertz CT molecular complexity index is 808. The van der Waals surface area contributed by atoms with Gasteiger partial charge in [0.05, 0.1) is 15.1 Å². The SMILES string of the molecule is O=C(O)C(CS)NS(=O)(=O)c1ccc2[nH]c(=S)sc2c1. The average Bonchev–Trinajstić information content (AvgIpc) is 2.74. The highest BCUT2D eigenvalue weighted by Gasteiger charge is 2.24. The Kier molecular flexibility index (Phi) is 4.49. The van der Waals surface area contributed by atoms with Gasteiger partial charge in [-0.15, -0.1) is 11.3 Å². The van der Waals surface area contributed by atoms with Crippen molar-refractivity contribution in [1.29, 1.82) is 0 Å². The summed E-state index contributed by atoms with van der Waals surface area (Å²) in [7, 11) is -3.92. The Morgan fingerprint density at radius 2 is 2.25 bits per heavy atom. The molecule has 20 heavy (non-hydrogen) atoms. The van der Waals surface area contributed by atoms with Gasteiger partial charge in [0.1, 0.15) is 6.04 Å². The van der Waals surface area contributed by atoms with Gasteiger partial charge in [-0.3, -0.25) is 4.79 Å². The second-order valence-electron chi connectivity index (χ2n) is 3.87. The number of hydrogen-bond donors (Lipinski definition) is 4. The topological polar surface area (TPSA) is 99.3 Å². The molecule has 108 valence electrons. The first-order chi connectivity index (χ1) is 9.33. The van der Waals surface area contributed by atoms with Crippen molar-refractivity contribution in [2.75, 3.05) is 5.75 Å². The Morgan fingerprint density at radius 3 is 2.85 bits per heavy atom. The summed E-state index contributed by atoms with van der Waals surface area (Å²) in [4.78, 5) is 13.8. The van der Waals surface area contributed by atoms with Crippen molar-refractivity contribution in [2.45, 2.75) is 10.9 Å². The fourth-order valence-corrected chi connectivity index (χ4v) is 4.33. The number of aromatic nitrogens is 1. The minimum Gasteiger partial charge on any atom is -0.480 e. The molecule has 1 atom stereocenters. The van der Waals surface area contributed by atoms with Crippen LogP contribution in [0.3, 0.4) is 0 Å². The summed E-state index contributed by atoms with van der Waals surface area (Å²) < 4.78 is 27.6. The second-order valence-corrected chi connectivity index (χ2v) is 7.67. The first-order valence-electron chi connectivity index (χ1n) is 5.32. The minimum absolute atomic E-state index is 0.0108. The Labute approximate surface area is 129 Å². The molecule has 1 heterocycles. The van der Waals surface area contributed by atoms with Crippen LogP contribution in [0.4, 0.5) is 0 Å². The number of fused-ring (bicyclic) bond motifs is 1. The predicted octanol–water partition coefficient (Wildman–Crippen LogP) is 1.62. The molecule has 0 aliphatic heterocycles. The highest BCUT2D eigenvalue weighted by Crippen LogP contribution is 2.23. The first-order valence-corrected chi connectivity index (χ1v) is 8.66. The number of sulfonamides is 1. The molecule has 0 radical (unpaired) electrons. The van der Waals surface area contributed by atoms with Crippen LogP contribution in [0.5, 0.6) is 0 Å². The molecule has 1 aromatic heterocycles. The fourth-order valence-electron chi connectivity index (χ4n) is 1.51. The van der Waals surface area contributed by atoms with E-state index in [-0.39, 0.29) is 10.6 Å². The molecule has 0 bridgehead atoms. The lowest BCUT2D eigenvalue weighted by molar-refractivity contribution is -0.138. The van der Waals surface area contributed by atoms with E-state index in [9.17, 15) is 13.2 Å². The number of carboxylic acids is 1. The van der Waals surface area contributed by atoms with Gasteiger partial charge in [0.25, 0.3) is 0 Å². The van der Waals surface area contributed by atoms with Gasteiger partial charge in [-0.25, -0.2) is 8.42 Å². The summed E-state index contributed by atoms with van der Waals surface area (Å²) in [5.74, 6) is -1.41. The van der Waals surface area contributed by atoms with Crippen LogP contribution in [0.15, 0.2) is 23.1 Å². The average molecular weight is 350 g/mol. The molecule has 0 aliphatic carbocycles. The number of aromatic amines is 1. The van der Waals surface area contributed by atoms with Gasteiger partial charge >= 0.3 is 5.97 Å². The number of H-pyrrole nitrogens is 1. The van der Waals surface area contributed by atoms with E-state index in [1.807, 2.05) is 0 Å². The summed E-state index contributed by atoms with van der Waals surface area (Å²) >= 11 is 10.0. The molecule has 2 aromatic rings. The predicted molar refractivity (Wildman–Crippen MR) is 82.6 cm³/mol. The summed E-state index contributed by atoms with van der Waals surface area (Å²) in [5, 5.41) is 8.87. The number of carboxylic acid groups (broad SMARTS) is 1. The lowest BCUT2D eigenvalue weighted by atomic mass is 10.3. The highest BCUT2D eigenvalue weighted by atomic mass is 32.2. The maximum Gasteiger partial charge on any atom is 0.322 e. The molecule has 0 amide bonds. The van der Waals surface area contributed by atoms with Crippen molar-refractivity contribution in [3.63, 3.8) is 0 Å². The van der Waals surface area contributed by atoms with Gasteiger partial charge in [-0.2, -0.15) is 17.4 Å². The molecule has 0 saturated heterocycles. The molecule has 0 aliphatic rings. The van der Waals surface area contributed by atoms with Gasteiger partial charge < -0.3 is 10.1 Å². The first kappa shape index (κ1) is 15.4. The quantitative estimate of drug-likeness (QED) is 0.485. The van der Waals surface area contributed by atoms with Gasteiger partial charge in [0.2, 0.25) is 10.0 Å². The largest absolute Gasteiger partial charge is 0.480 e. The molecule has 1 unspecified atom stereocenters. The third kappa shape index (κ3) is 3.20. The molecule has 6 nitrogen and oxygen atoms in total. The van der Waals surface area contributed by atoms with Crippen LogP contribution in [0, 0.1) is 3.95 Å². The summed E-state index contributed by atoms with van der Waals surface area (Å²) in [6.45, 7) is 0. The van der Waals surface area contributed by atoms with Crippen LogP contribution in [0.1, 0.15) is 0 Å². The highest BCUT2D eigenvalue weighted by molar-refractivity contribution is 7.89. The number of aliphatic carboxylic acids is 1. The van der Waals surface area contributed by atoms with Gasteiger partial charge in [0, 0.05) is 5.75 Å². The number of benzene rings is 1. The van der Waals surface area contributed by atoms with E-state index in [1.54, 1.807) is 6.07 Å². The van der Waals surface area contributed by atoms with Gasteiger partial charge in [-0.05, 0) is 30.4 Å². The molecule has 1 aromatic carbocycles. The standard InChI is InChI=1S/C10H10N2O4S4/c13-9(14)7(4-17)12-20(15,16)5-1-2-6-8(3-5)19-10(18)11-6/h1-3,7,12,17H,4H2,(H,11,18)(H,13,14). The molecule has 3 N–H and O–H groups in total. The van der Waals surface area contributed by atoms with E-state index in [4.69, 9.17) is 17.3 Å². The zero-order valence-corrected chi connectivity index (χ0v) is 13.2. The van der Waals surface area contributed by atoms with Crippen molar-refractivity contribution in [2.24, 2.45) is 0 Å². The number of rotatable bonds is 5. The monoisotopic (exact) mass is 350 g/mol. The van der Waals surface area contributed by atoms with Crippen LogP contribution < -0.4 is 4.72 Å². The zero-order valence-electron chi connectivity index (χ0n) is 9.86. The van der Waals surface area contributed by atoms with Gasteiger partial charge in [-0.1, -0.05) is 0 Å². The number of nitrogens with one attached hydrogen (secondary N) is 2. The molecule has 0 fully saturated rings. The Morgan fingerprint density at radius 1 is 1.55 bits per heavy atom. The van der Waals surface area contributed by atoms with E-state index in [0.717, 1.165) is 5.52 Å². The number of thiol groups is 1. The third-order valence-electron chi connectivity index (χ3n) is 2.48. The molecule has 0 spiro atoms. The lowest BCUT2D eigenvalue weighted by Crippen LogP contribution is -2.41. The number of thiazole rings is 1. The molecule has 10 heteroatoms. The minimum atomic E-state index is -3.92. The zero-order chi connectivity index (χ0) is 14.9. The van der Waals surface area contributed by atoms with Crippen molar-refractivity contribution in [3.8, 4) is 0 Å². The van der Waals surface area contributed by atoms with Crippen molar-refractivity contribution < 1.29 is 18.3 Å². The maximum absolute atomic E-state index is 12.1. The van der Waals surface area contributed by atoms with Crippen LogP contribution in [-0.2, 0) is 14.8 Å². The normalized spacial score (nSPS) is 13.4. The molecule has 2 rings (SSSR count). The Hall–Kier alpha value is -0.940. The second kappa shape index (κ2) is 5.82. The number of carbonyl (C=O) groups is 1. The fraction of sp³-hybridized carbons (Fsp3) is 0.200. The van der Waals surface area contributed by atoms with E-state index >= 15 is 0 Å². The molecular weight excluding hydrogens is 340 g/mol. The number of hydrogen-bond acceptors (Lipinski definition) is 6. The van der Waals surface area contributed by atoms with Crippen molar-refractivity contribution in [3.05, 3.63) is 22.2 Å². The summed E-state index contributed by atoms with van der Waals surface area (Å²) in [5.41, 5.74) is 0.739. The van der Waals surface area contributed by atoms with E-state index in [2.05, 4.69) is 22.3 Å². The van der Waals surface area contributed by atoms with Crippen molar-refractivity contribution in [1.82, 2.24) is 9.71 Å². The van der Waals surface area contributed by atoms with Crippen LogP contribution in [0.2, 0.25) is 0 Å². The van der Waals surface area contributed by atoms with Crippen LogP contribution in [0.25, 0.3) is 10.2 Å². The maximum atomic E-state index is 12.1. The van der Waals surface area contributed by atoms with E-state index < -0.39 is 22.0 Å². The lowest BCUT2D eigenvalue weighted by Gasteiger charge is -2.12. The Balaban J connectivity index is 2.40. The van der Waals surface area contributed by atoms with E-state index in [1.165, 1.54) is 23.5 Å². The third-order valence-corrected chi connectivity index (χ3v) is 5.51. The smallest absolute Gasteiger partial charge is 0.322 e. The van der Waals surface area contributed by atoms with Crippen LogP contribution >= 0.6 is 36.2 Å². The van der Waals surface area contributed by atoms with E-state index in [0.29, 0.717) is 8.65 Å². The summed E-state index contributed by atoms with van der Waals surface area (Å²) in [6, 6.07) is 3.15. The molecular formula is C10H10N2O4S4.